The van der Waals surface area contributed by atoms with Crippen molar-refractivity contribution >= 4 is 0 Å². The molecule has 0 spiro atoms. The first-order valence-electron chi connectivity index (χ1n) is 8.13. The van der Waals surface area contributed by atoms with Gasteiger partial charge in [-0.1, -0.05) is 24.3 Å². The lowest BCUT2D eigenvalue weighted by Crippen LogP contribution is -2.17. The predicted octanol–water partition coefficient (Wildman–Crippen LogP) is 2.58. The molecule has 3 atom stereocenters. The Labute approximate surface area is 142 Å². The quantitative estimate of drug-likeness (QED) is 0.620. The standard InChI is InChI=1S/C19H20N4O/c20-9-18(22)19(10-21)23-11-13-2-5-17(6-3-13)24-12-16-8-14-1-4-15(16)7-14/h1-6,14-16,23H,7-8,11-12,22H2/b19-18-/t14-,15+,16?/m1/s1. The summed E-state index contributed by atoms with van der Waals surface area (Å²) in [5.41, 5.74) is 6.44. The number of fused-ring (bicyclic) bond motifs is 2. The number of nitrogens with one attached hydrogen (secondary N) is 1. The molecule has 0 saturated heterocycles. The smallest absolute Gasteiger partial charge is 0.148 e. The Balaban J connectivity index is 1.50. The van der Waals surface area contributed by atoms with Gasteiger partial charge in [-0.3, -0.25) is 0 Å². The highest BCUT2D eigenvalue weighted by Crippen LogP contribution is 2.43. The van der Waals surface area contributed by atoms with Gasteiger partial charge < -0.3 is 15.8 Å². The maximum Gasteiger partial charge on any atom is 0.148 e. The number of benzene rings is 1. The zero-order chi connectivity index (χ0) is 16.9. The Kier molecular flexibility index (Phi) is 4.72. The summed E-state index contributed by atoms with van der Waals surface area (Å²) in [6.07, 6.45) is 7.21. The average Bonchev–Trinajstić information content (AvgIpc) is 3.24. The number of ether oxygens (including phenoxy) is 1. The molecule has 5 heteroatoms. The first kappa shape index (κ1) is 16.0. The van der Waals surface area contributed by atoms with E-state index in [4.69, 9.17) is 21.0 Å². The van der Waals surface area contributed by atoms with Crippen LogP contribution < -0.4 is 15.8 Å². The molecule has 24 heavy (non-hydrogen) atoms. The maximum absolute atomic E-state index is 8.94. The van der Waals surface area contributed by atoms with Crippen LogP contribution in [0.4, 0.5) is 0 Å². The molecule has 1 aromatic rings. The van der Waals surface area contributed by atoms with Crippen LogP contribution in [-0.2, 0) is 6.54 Å². The van der Waals surface area contributed by atoms with Gasteiger partial charge in [0, 0.05) is 6.54 Å². The molecule has 2 bridgehead atoms. The normalized spacial score (nSPS) is 24.8. The molecule has 0 heterocycles. The van der Waals surface area contributed by atoms with Gasteiger partial charge in [-0.15, -0.1) is 0 Å². The molecule has 2 aliphatic rings. The van der Waals surface area contributed by atoms with E-state index in [0.717, 1.165) is 23.8 Å². The van der Waals surface area contributed by atoms with E-state index < -0.39 is 0 Å². The summed E-state index contributed by atoms with van der Waals surface area (Å²) in [4.78, 5) is 0. The van der Waals surface area contributed by atoms with Gasteiger partial charge in [0.05, 0.1) is 6.61 Å². The molecule has 2 aliphatic carbocycles. The van der Waals surface area contributed by atoms with Crippen molar-refractivity contribution in [2.75, 3.05) is 6.61 Å². The lowest BCUT2D eigenvalue weighted by molar-refractivity contribution is 0.227. The molecule has 1 fully saturated rings. The number of nitriles is 2. The van der Waals surface area contributed by atoms with E-state index in [2.05, 4.69) is 17.5 Å². The molecular weight excluding hydrogens is 300 g/mol. The van der Waals surface area contributed by atoms with Gasteiger partial charge in [-0.05, 0) is 48.3 Å². The Morgan fingerprint density at radius 3 is 2.54 bits per heavy atom. The largest absolute Gasteiger partial charge is 0.493 e. The lowest BCUT2D eigenvalue weighted by atomic mass is 9.95. The van der Waals surface area contributed by atoms with E-state index in [0.29, 0.717) is 18.4 Å². The fraction of sp³-hybridized carbons (Fsp3) is 0.368. The Bertz CT molecular complexity index is 736. The number of allylic oxidation sites excluding steroid dienone is 4. The second kappa shape index (κ2) is 7.10. The average molecular weight is 320 g/mol. The number of nitrogens with zero attached hydrogens (tertiary/aromatic N) is 2. The van der Waals surface area contributed by atoms with Crippen LogP contribution in [0, 0.1) is 40.4 Å². The molecule has 1 saturated carbocycles. The third kappa shape index (κ3) is 3.52. The van der Waals surface area contributed by atoms with Crippen LogP contribution in [0.1, 0.15) is 18.4 Å². The zero-order valence-electron chi connectivity index (χ0n) is 13.4. The van der Waals surface area contributed by atoms with Crippen LogP contribution in [0.25, 0.3) is 0 Å². The van der Waals surface area contributed by atoms with Gasteiger partial charge in [0.2, 0.25) is 0 Å². The molecule has 0 aromatic heterocycles. The van der Waals surface area contributed by atoms with Crippen LogP contribution in [0.3, 0.4) is 0 Å². The summed E-state index contributed by atoms with van der Waals surface area (Å²) in [5.74, 6) is 2.96. The first-order chi connectivity index (χ1) is 11.7. The summed E-state index contributed by atoms with van der Waals surface area (Å²) in [5, 5.41) is 20.5. The van der Waals surface area contributed by atoms with Gasteiger partial charge >= 0.3 is 0 Å². The molecular formula is C19H20N4O. The minimum Gasteiger partial charge on any atom is -0.493 e. The van der Waals surface area contributed by atoms with Gasteiger partial charge in [-0.25, -0.2) is 0 Å². The van der Waals surface area contributed by atoms with Crippen LogP contribution in [0.2, 0.25) is 0 Å². The van der Waals surface area contributed by atoms with Crippen LogP contribution >= 0.6 is 0 Å². The molecule has 3 rings (SSSR count). The first-order valence-corrected chi connectivity index (χ1v) is 8.13. The van der Waals surface area contributed by atoms with E-state index in [1.165, 1.54) is 12.8 Å². The van der Waals surface area contributed by atoms with Crippen molar-refractivity contribution < 1.29 is 4.74 Å². The minimum atomic E-state index is -0.0997. The van der Waals surface area contributed by atoms with Crippen LogP contribution in [0.15, 0.2) is 47.8 Å². The highest BCUT2D eigenvalue weighted by atomic mass is 16.5. The van der Waals surface area contributed by atoms with E-state index >= 15 is 0 Å². The van der Waals surface area contributed by atoms with Crippen molar-refractivity contribution in [2.24, 2.45) is 23.5 Å². The van der Waals surface area contributed by atoms with Crippen LogP contribution in [-0.4, -0.2) is 6.61 Å². The van der Waals surface area contributed by atoms with Crippen molar-refractivity contribution in [2.45, 2.75) is 19.4 Å². The lowest BCUT2D eigenvalue weighted by Gasteiger charge is -2.18. The Morgan fingerprint density at radius 2 is 1.96 bits per heavy atom. The SMILES string of the molecule is N#C/C(N)=C(\C#N)NCc1ccc(OCC2C[C@@H]3C=C[C@H]2C3)cc1. The van der Waals surface area contributed by atoms with E-state index in [-0.39, 0.29) is 11.4 Å². The van der Waals surface area contributed by atoms with E-state index in [1.807, 2.05) is 30.3 Å². The fourth-order valence-corrected chi connectivity index (χ4v) is 3.43. The molecule has 0 radical (unpaired) electrons. The van der Waals surface area contributed by atoms with E-state index in [9.17, 15) is 0 Å². The highest BCUT2D eigenvalue weighted by Gasteiger charge is 2.35. The molecule has 0 amide bonds. The minimum absolute atomic E-state index is 0.0992. The maximum atomic E-state index is 8.94. The third-order valence-electron chi connectivity index (χ3n) is 4.77. The number of hydrogen-bond donors (Lipinski definition) is 2. The summed E-state index contributed by atoms with van der Waals surface area (Å²) < 4.78 is 5.92. The molecule has 1 unspecified atom stereocenters. The molecule has 5 nitrogen and oxygen atoms in total. The second-order valence-electron chi connectivity index (χ2n) is 6.36. The highest BCUT2D eigenvalue weighted by molar-refractivity contribution is 5.34. The monoisotopic (exact) mass is 320 g/mol. The number of hydrogen-bond acceptors (Lipinski definition) is 5. The fourth-order valence-electron chi connectivity index (χ4n) is 3.43. The van der Waals surface area contributed by atoms with Gasteiger partial charge in [0.25, 0.3) is 0 Å². The third-order valence-corrected chi connectivity index (χ3v) is 4.77. The molecule has 122 valence electrons. The van der Waals surface area contributed by atoms with Crippen molar-refractivity contribution in [1.29, 1.82) is 10.5 Å². The van der Waals surface area contributed by atoms with Gasteiger partial charge in [0.15, 0.2) is 0 Å². The summed E-state index contributed by atoms with van der Waals surface area (Å²) in [7, 11) is 0. The van der Waals surface area contributed by atoms with Crippen molar-refractivity contribution in [3.05, 3.63) is 53.4 Å². The summed E-state index contributed by atoms with van der Waals surface area (Å²) in [6.45, 7) is 1.20. The summed E-state index contributed by atoms with van der Waals surface area (Å²) in [6, 6.07) is 11.4. The van der Waals surface area contributed by atoms with E-state index in [1.54, 1.807) is 6.07 Å². The number of nitrogens with two attached hydrogens (primary N) is 1. The van der Waals surface area contributed by atoms with Crippen molar-refractivity contribution in [3.8, 4) is 17.9 Å². The summed E-state index contributed by atoms with van der Waals surface area (Å²) >= 11 is 0. The predicted molar refractivity (Wildman–Crippen MR) is 90.1 cm³/mol. The number of rotatable bonds is 6. The van der Waals surface area contributed by atoms with Gasteiger partial charge in [0.1, 0.15) is 29.3 Å². The second-order valence-corrected chi connectivity index (χ2v) is 6.36. The Morgan fingerprint density at radius 1 is 1.17 bits per heavy atom. The molecule has 3 N–H and O–H groups in total. The zero-order valence-corrected chi connectivity index (χ0v) is 13.4. The van der Waals surface area contributed by atoms with Crippen molar-refractivity contribution in [1.82, 2.24) is 5.32 Å². The van der Waals surface area contributed by atoms with Crippen LogP contribution in [0.5, 0.6) is 5.75 Å². The molecule has 0 aliphatic heterocycles. The Hall–Kier alpha value is -2.92. The van der Waals surface area contributed by atoms with Gasteiger partial charge in [-0.2, -0.15) is 10.5 Å². The topological polar surface area (TPSA) is 94.9 Å². The van der Waals surface area contributed by atoms with Crippen molar-refractivity contribution in [3.63, 3.8) is 0 Å². The molecule has 1 aromatic carbocycles.